The molecule has 11 heteroatoms. The average molecular weight is 420 g/mol. The number of nitrogens with zero attached hydrogens (tertiary/aromatic N) is 1. The van der Waals surface area contributed by atoms with Gasteiger partial charge in [0.2, 0.25) is 0 Å². The zero-order valence-corrected chi connectivity index (χ0v) is 15.5. The third-order valence-corrected chi connectivity index (χ3v) is 4.14. The number of ether oxygens (including phenoxy) is 2. The fourth-order valence-corrected chi connectivity index (χ4v) is 2.54. The molecule has 0 aliphatic rings. The van der Waals surface area contributed by atoms with E-state index < -0.39 is 52.2 Å². The SMILES string of the molecule is COC(=O)CNC(=O)c1nc(-c2ccc(Cl)c(OC)c2F)c(F)c(N)c1Cl. The van der Waals surface area contributed by atoms with Gasteiger partial charge in [-0.15, -0.1) is 0 Å². The first-order valence-electron chi connectivity index (χ1n) is 7.24. The summed E-state index contributed by atoms with van der Waals surface area (Å²) in [5.41, 5.74) is 3.56. The van der Waals surface area contributed by atoms with Crippen LogP contribution in [-0.2, 0) is 9.53 Å². The number of esters is 1. The number of amides is 1. The number of anilines is 1. The van der Waals surface area contributed by atoms with Gasteiger partial charge in [-0.1, -0.05) is 23.2 Å². The highest BCUT2D eigenvalue weighted by Crippen LogP contribution is 2.38. The van der Waals surface area contributed by atoms with E-state index in [0.717, 1.165) is 13.2 Å². The zero-order chi connectivity index (χ0) is 20.3. The van der Waals surface area contributed by atoms with Gasteiger partial charge >= 0.3 is 5.97 Å². The molecule has 0 saturated carbocycles. The number of carbonyl (C=O) groups excluding carboxylic acids is 2. The van der Waals surface area contributed by atoms with Crippen LogP contribution in [0.4, 0.5) is 14.5 Å². The third kappa shape index (κ3) is 4.04. The third-order valence-electron chi connectivity index (χ3n) is 3.46. The molecule has 2 aromatic rings. The number of nitrogens with one attached hydrogen (secondary N) is 1. The Morgan fingerprint density at radius 3 is 2.48 bits per heavy atom. The lowest BCUT2D eigenvalue weighted by Crippen LogP contribution is -2.31. The number of carbonyl (C=O) groups is 2. The number of methoxy groups -OCH3 is 2. The normalized spacial score (nSPS) is 10.4. The van der Waals surface area contributed by atoms with Gasteiger partial charge in [0.25, 0.3) is 5.91 Å². The first-order chi connectivity index (χ1) is 12.7. The van der Waals surface area contributed by atoms with Crippen LogP contribution in [0, 0.1) is 11.6 Å². The highest BCUT2D eigenvalue weighted by Gasteiger charge is 2.25. The Bertz CT molecular complexity index is 925. The second kappa shape index (κ2) is 8.36. The van der Waals surface area contributed by atoms with Crippen LogP contribution >= 0.6 is 23.2 Å². The largest absolute Gasteiger partial charge is 0.492 e. The molecule has 1 amide bonds. The van der Waals surface area contributed by atoms with Gasteiger partial charge in [0.1, 0.15) is 17.9 Å². The molecule has 3 N–H and O–H groups in total. The number of benzene rings is 1. The van der Waals surface area contributed by atoms with Crippen LogP contribution in [0.15, 0.2) is 12.1 Å². The van der Waals surface area contributed by atoms with E-state index in [1.807, 2.05) is 0 Å². The molecular formula is C16H13Cl2F2N3O4. The molecule has 0 atom stereocenters. The van der Waals surface area contributed by atoms with Crippen LogP contribution in [0.2, 0.25) is 10.0 Å². The molecule has 0 aliphatic heterocycles. The van der Waals surface area contributed by atoms with Gasteiger partial charge in [0.15, 0.2) is 17.4 Å². The van der Waals surface area contributed by atoms with Gasteiger partial charge in [-0.3, -0.25) is 9.59 Å². The maximum atomic E-state index is 14.6. The molecule has 0 saturated heterocycles. The number of hydrogen-bond donors (Lipinski definition) is 2. The van der Waals surface area contributed by atoms with Crippen molar-refractivity contribution in [1.82, 2.24) is 10.3 Å². The summed E-state index contributed by atoms with van der Waals surface area (Å²) in [6.07, 6.45) is 0. The van der Waals surface area contributed by atoms with Crippen molar-refractivity contribution in [3.63, 3.8) is 0 Å². The Morgan fingerprint density at radius 2 is 1.89 bits per heavy atom. The monoisotopic (exact) mass is 419 g/mol. The Labute approximate surface area is 162 Å². The van der Waals surface area contributed by atoms with Crippen molar-refractivity contribution < 1.29 is 27.8 Å². The summed E-state index contributed by atoms with van der Waals surface area (Å²) in [5, 5.41) is 1.65. The van der Waals surface area contributed by atoms with E-state index in [0.29, 0.717) is 0 Å². The molecular weight excluding hydrogens is 407 g/mol. The first-order valence-corrected chi connectivity index (χ1v) is 8.00. The van der Waals surface area contributed by atoms with Crippen molar-refractivity contribution in [2.75, 3.05) is 26.5 Å². The maximum absolute atomic E-state index is 14.6. The highest BCUT2D eigenvalue weighted by molar-refractivity contribution is 6.36. The number of hydrogen-bond acceptors (Lipinski definition) is 6. The summed E-state index contributed by atoms with van der Waals surface area (Å²) in [6.45, 7) is -0.483. The van der Waals surface area contributed by atoms with Crippen LogP contribution in [0.3, 0.4) is 0 Å². The molecule has 0 bridgehead atoms. The molecule has 0 fully saturated rings. The minimum Gasteiger partial charge on any atom is -0.492 e. The lowest BCUT2D eigenvalue weighted by molar-refractivity contribution is -0.139. The van der Waals surface area contributed by atoms with E-state index in [1.165, 1.54) is 13.2 Å². The summed E-state index contributed by atoms with van der Waals surface area (Å²) in [7, 11) is 2.31. The fraction of sp³-hybridized carbons (Fsp3) is 0.188. The van der Waals surface area contributed by atoms with E-state index in [1.54, 1.807) is 0 Å². The number of rotatable bonds is 5. The lowest BCUT2D eigenvalue weighted by Gasteiger charge is -2.13. The predicted molar refractivity (Wildman–Crippen MR) is 94.9 cm³/mol. The average Bonchev–Trinajstić information content (AvgIpc) is 2.65. The molecule has 0 spiro atoms. The van der Waals surface area contributed by atoms with Crippen LogP contribution in [0.25, 0.3) is 11.3 Å². The number of halogens is 4. The summed E-state index contributed by atoms with van der Waals surface area (Å²) < 4.78 is 38.4. The van der Waals surface area contributed by atoms with Crippen molar-refractivity contribution in [3.05, 3.63) is 39.5 Å². The zero-order valence-electron chi connectivity index (χ0n) is 14.0. The standard InChI is InChI=1S/C16H13Cl2F2N3O4/c1-26-8(24)5-22-16(25)14-9(18)12(21)11(20)13(23-14)6-3-4-7(17)15(27-2)10(6)19/h3-4H,5H2,1-2H3,(H2,21,23)(H,22,25). The van der Waals surface area contributed by atoms with Crippen LogP contribution in [0.1, 0.15) is 10.5 Å². The van der Waals surface area contributed by atoms with Crippen LogP contribution < -0.4 is 15.8 Å². The van der Waals surface area contributed by atoms with Crippen molar-refractivity contribution in [2.24, 2.45) is 0 Å². The Balaban J connectivity index is 2.58. The molecule has 7 nitrogen and oxygen atoms in total. The van der Waals surface area contributed by atoms with E-state index in [4.69, 9.17) is 33.7 Å². The van der Waals surface area contributed by atoms with Gasteiger partial charge < -0.3 is 20.5 Å². The molecule has 1 aromatic carbocycles. The maximum Gasteiger partial charge on any atom is 0.325 e. The molecule has 1 aromatic heterocycles. The van der Waals surface area contributed by atoms with E-state index >= 15 is 0 Å². The summed E-state index contributed by atoms with van der Waals surface area (Å²) in [6, 6.07) is 2.41. The number of nitrogen functional groups attached to an aromatic ring is 1. The first kappa shape index (κ1) is 20.7. The van der Waals surface area contributed by atoms with Crippen LogP contribution in [0.5, 0.6) is 5.75 Å². The molecule has 27 heavy (non-hydrogen) atoms. The van der Waals surface area contributed by atoms with Crippen molar-refractivity contribution in [2.45, 2.75) is 0 Å². The smallest absolute Gasteiger partial charge is 0.325 e. The number of pyridine rings is 1. The Kier molecular flexibility index (Phi) is 6.40. The molecule has 0 radical (unpaired) electrons. The summed E-state index contributed by atoms with van der Waals surface area (Å²) >= 11 is 11.7. The van der Waals surface area contributed by atoms with Gasteiger partial charge in [0.05, 0.1) is 30.0 Å². The van der Waals surface area contributed by atoms with Crippen molar-refractivity contribution in [1.29, 1.82) is 0 Å². The van der Waals surface area contributed by atoms with Gasteiger partial charge in [0, 0.05) is 5.56 Å². The van der Waals surface area contributed by atoms with E-state index in [9.17, 15) is 18.4 Å². The molecule has 2 rings (SSSR count). The second-order valence-electron chi connectivity index (χ2n) is 5.05. The Hall–Kier alpha value is -2.65. The fourth-order valence-electron chi connectivity index (χ4n) is 2.10. The minimum absolute atomic E-state index is 0.0443. The lowest BCUT2D eigenvalue weighted by atomic mass is 10.1. The predicted octanol–water partition coefficient (Wildman–Crippen LogP) is 2.83. The summed E-state index contributed by atoms with van der Waals surface area (Å²) in [5.74, 6) is -4.13. The summed E-state index contributed by atoms with van der Waals surface area (Å²) in [4.78, 5) is 27.1. The van der Waals surface area contributed by atoms with Crippen molar-refractivity contribution >= 4 is 40.8 Å². The van der Waals surface area contributed by atoms with Crippen molar-refractivity contribution in [3.8, 4) is 17.0 Å². The number of aromatic nitrogens is 1. The minimum atomic E-state index is -1.13. The quantitative estimate of drug-likeness (QED) is 0.722. The molecule has 0 aliphatic carbocycles. The van der Waals surface area contributed by atoms with E-state index in [2.05, 4.69) is 15.0 Å². The second-order valence-corrected chi connectivity index (χ2v) is 5.84. The van der Waals surface area contributed by atoms with E-state index in [-0.39, 0.29) is 16.3 Å². The number of nitrogens with two attached hydrogens (primary N) is 1. The topological polar surface area (TPSA) is 104 Å². The van der Waals surface area contributed by atoms with Gasteiger partial charge in [-0.05, 0) is 12.1 Å². The molecule has 0 unspecified atom stereocenters. The van der Waals surface area contributed by atoms with Crippen LogP contribution in [-0.4, -0.2) is 37.6 Å². The van der Waals surface area contributed by atoms with Gasteiger partial charge in [-0.25, -0.2) is 13.8 Å². The molecule has 1 heterocycles. The Morgan fingerprint density at radius 1 is 1.22 bits per heavy atom. The molecule has 144 valence electrons. The highest BCUT2D eigenvalue weighted by atomic mass is 35.5. The van der Waals surface area contributed by atoms with Gasteiger partial charge in [-0.2, -0.15) is 0 Å².